The molecule has 0 saturated carbocycles. The molecule has 2 atom stereocenters. The second-order valence-corrected chi connectivity index (χ2v) is 4.74. The van der Waals surface area contributed by atoms with Gasteiger partial charge in [0.1, 0.15) is 11.9 Å². The lowest BCUT2D eigenvalue weighted by atomic mass is 10.00. The number of hydrogen-bond donors (Lipinski definition) is 1. The third kappa shape index (κ3) is 2.97. The summed E-state index contributed by atoms with van der Waals surface area (Å²) < 4.78 is 19.4. The summed E-state index contributed by atoms with van der Waals surface area (Å²) in [7, 11) is 1.63. The molecule has 1 aromatic rings. The minimum absolute atomic E-state index is 0.0141. The van der Waals surface area contributed by atoms with Gasteiger partial charge in [0, 0.05) is 12.5 Å². The van der Waals surface area contributed by atoms with Crippen LogP contribution in [-0.2, 0) is 6.42 Å². The fourth-order valence-corrected chi connectivity index (χ4v) is 2.44. The van der Waals surface area contributed by atoms with Crippen molar-refractivity contribution in [2.45, 2.75) is 38.4 Å². The average Bonchev–Trinajstić information content (AvgIpc) is 2.83. The molecule has 0 amide bonds. The molecule has 0 aliphatic carbocycles. The molecule has 1 aliphatic rings. The van der Waals surface area contributed by atoms with Crippen LogP contribution in [0.4, 0.5) is 4.39 Å². The molecule has 3 heteroatoms. The van der Waals surface area contributed by atoms with Crippen molar-refractivity contribution in [3.05, 3.63) is 29.3 Å². The molecule has 0 aromatic heterocycles. The second kappa shape index (κ2) is 5.50. The van der Waals surface area contributed by atoms with Gasteiger partial charge in [-0.3, -0.25) is 0 Å². The zero-order valence-electron chi connectivity index (χ0n) is 10.5. The van der Waals surface area contributed by atoms with Crippen molar-refractivity contribution in [3.8, 4) is 5.75 Å². The van der Waals surface area contributed by atoms with Gasteiger partial charge in [0.2, 0.25) is 0 Å². The first kappa shape index (κ1) is 12.4. The van der Waals surface area contributed by atoms with E-state index < -0.39 is 6.17 Å². The van der Waals surface area contributed by atoms with Gasteiger partial charge >= 0.3 is 0 Å². The van der Waals surface area contributed by atoms with E-state index in [0.717, 1.165) is 36.3 Å². The lowest BCUT2D eigenvalue weighted by molar-refractivity contribution is 0.261. The number of halogens is 1. The Morgan fingerprint density at radius 2 is 2.35 bits per heavy atom. The molecule has 1 fully saturated rings. The molecule has 2 unspecified atom stereocenters. The van der Waals surface area contributed by atoms with Crippen LogP contribution in [0, 0.1) is 6.92 Å². The number of ether oxygens (including phenoxy) is 1. The predicted octanol–water partition coefficient (Wildman–Crippen LogP) is 2.64. The minimum Gasteiger partial charge on any atom is -0.496 e. The van der Waals surface area contributed by atoms with Gasteiger partial charge < -0.3 is 10.1 Å². The van der Waals surface area contributed by atoms with Gasteiger partial charge in [0.05, 0.1) is 7.11 Å². The molecule has 2 nitrogen and oxygen atoms in total. The SMILES string of the molecule is COc1ccc(C)cc1CC(F)C1CCCN1. The number of benzene rings is 1. The maximum absolute atomic E-state index is 14.1. The predicted molar refractivity (Wildman–Crippen MR) is 67.4 cm³/mol. The molecule has 1 aromatic carbocycles. The van der Waals surface area contributed by atoms with E-state index in [-0.39, 0.29) is 6.04 Å². The quantitative estimate of drug-likeness (QED) is 0.869. The van der Waals surface area contributed by atoms with Gasteiger partial charge in [0.15, 0.2) is 0 Å². The summed E-state index contributed by atoms with van der Waals surface area (Å²) in [5.41, 5.74) is 2.11. The molecule has 0 bridgehead atoms. The Kier molecular flexibility index (Phi) is 4.00. The normalized spacial score (nSPS) is 21.5. The van der Waals surface area contributed by atoms with Crippen molar-refractivity contribution >= 4 is 0 Å². The summed E-state index contributed by atoms with van der Waals surface area (Å²) in [6.45, 7) is 2.96. The maximum Gasteiger partial charge on any atom is 0.122 e. The maximum atomic E-state index is 14.1. The van der Waals surface area contributed by atoms with Gasteiger partial charge in [-0.1, -0.05) is 17.7 Å². The average molecular weight is 237 g/mol. The van der Waals surface area contributed by atoms with Crippen LogP contribution in [0.25, 0.3) is 0 Å². The van der Waals surface area contributed by atoms with Crippen molar-refractivity contribution in [1.82, 2.24) is 5.32 Å². The Bertz CT molecular complexity index is 374. The number of alkyl halides is 1. The first-order chi connectivity index (χ1) is 8.20. The lowest BCUT2D eigenvalue weighted by Crippen LogP contribution is -2.33. The number of aryl methyl sites for hydroxylation is 1. The van der Waals surface area contributed by atoms with Crippen LogP contribution < -0.4 is 10.1 Å². The highest BCUT2D eigenvalue weighted by atomic mass is 19.1. The molecular formula is C14H20FNO. The van der Waals surface area contributed by atoms with Crippen molar-refractivity contribution < 1.29 is 9.13 Å². The van der Waals surface area contributed by atoms with E-state index in [1.807, 2.05) is 25.1 Å². The molecule has 1 heterocycles. The van der Waals surface area contributed by atoms with Crippen LogP contribution in [0.3, 0.4) is 0 Å². The summed E-state index contributed by atoms with van der Waals surface area (Å²) in [4.78, 5) is 0. The summed E-state index contributed by atoms with van der Waals surface area (Å²) in [5, 5.41) is 3.21. The Morgan fingerprint density at radius 1 is 1.53 bits per heavy atom. The molecular weight excluding hydrogens is 217 g/mol. The van der Waals surface area contributed by atoms with E-state index in [0.29, 0.717) is 6.42 Å². The van der Waals surface area contributed by atoms with E-state index in [4.69, 9.17) is 4.74 Å². The molecule has 94 valence electrons. The summed E-state index contributed by atoms with van der Waals surface area (Å²) in [6, 6.07) is 5.93. The Morgan fingerprint density at radius 3 is 3.00 bits per heavy atom. The largest absolute Gasteiger partial charge is 0.496 e. The fourth-order valence-electron chi connectivity index (χ4n) is 2.44. The third-order valence-corrected chi connectivity index (χ3v) is 3.39. The highest BCUT2D eigenvalue weighted by Gasteiger charge is 2.25. The Hall–Kier alpha value is -1.09. The van der Waals surface area contributed by atoms with Crippen molar-refractivity contribution in [2.75, 3.05) is 13.7 Å². The first-order valence-electron chi connectivity index (χ1n) is 6.21. The number of nitrogens with one attached hydrogen (secondary N) is 1. The van der Waals surface area contributed by atoms with E-state index in [2.05, 4.69) is 5.32 Å². The molecule has 17 heavy (non-hydrogen) atoms. The topological polar surface area (TPSA) is 21.3 Å². The van der Waals surface area contributed by atoms with Gasteiger partial charge in [-0.25, -0.2) is 4.39 Å². The molecule has 1 N–H and O–H groups in total. The highest BCUT2D eigenvalue weighted by Crippen LogP contribution is 2.24. The van der Waals surface area contributed by atoms with Crippen LogP contribution >= 0.6 is 0 Å². The van der Waals surface area contributed by atoms with E-state index in [1.54, 1.807) is 7.11 Å². The zero-order chi connectivity index (χ0) is 12.3. The third-order valence-electron chi connectivity index (χ3n) is 3.39. The molecule has 2 rings (SSSR count). The van der Waals surface area contributed by atoms with Crippen molar-refractivity contribution in [3.63, 3.8) is 0 Å². The molecule has 1 aliphatic heterocycles. The van der Waals surface area contributed by atoms with Crippen LogP contribution in [-0.4, -0.2) is 25.9 Å². The van der Waals surface area contributed by atoms with Crippen LogP contribution in [0.5, 0.6) is 5.75 Å². The van der Waals surface area contributed by atoms with Crippen molar-refractivity contribution in [2.24, 2.45) is 0 Å². The molecule has 0 radical (unpaired) electrons. The lowest BCUT2D eigenvalue weighted by Gasteiger charge is -2.17. The summed E-state index contributed by atoms with van der Waals surface area (Å²) in [5.74, 6) is 0.788. The smallest absolute Gasteiger partial charge is 0.122 e. The number of hydrogen-bond acceptors (Lipinski definition) is 2. The van der Waals surface area contributed by atoms with E-state index in [1.165, 1.54) is 0 Å². The van der Waals surface area contributed by atoms with Gasteiger partial charge in [0.25, 0.3) is 0 Å². The fraction of sp³-hybridized carbons (Fsp3) is 0.571. The van der Waals surface area contributed by atoms with Crippen LogP contribution in [0.15, 0.2) is 18.2 Å². The minimum atomic E-state index is -0.826. The van der Waals surface area contributed by atoms with E-state index >= 15 is 0 Å². The summed E-state index contributed by atoms with van der Waals surface area (Å²) in [6.07, 6.45) is 1.63. The highest BCUT2D eigenvalue weighted by molar-refractivity contribution is 5.37. The van der Waals surface area contributed by atoms with Gasteiger partial charge in [-0.2, -0.15) is 0 Å². The Labute approximate surface area is 102 Å². The van der Waals surface area contributed by atoms with E-state index in [9.17, 15) is 4.39 Å². The summed E-state index contributed by atoms with van der Waals surface area (Å²) >= 11 is 0. The van der Waals surface area contributed by atoms with Gasteiger partial charge in [-0.05, 0) is 37.9 Å². The second-order valence-electron chi connectivity index (χ2n) is 4.74. The molecule has 0 spiro atoms. The molecule has 1 saturated heterocycles. The first-order valence-corrected chi connectivity index (χ1v) is 6.21. The number of methoxy groups -OCH3 is 1. The number of rotatable bonds is 4. The van der Waals surface area contributed by atoms with Gasteiger partial charge in [-0.15, -0.1) is 0 Å². The monoisotopic (exact) mass is 237 g/mol. The van der Waals surface area contributed by atoms with Crippen molar-refractivity contribution in [1.29, 1.82) is 0 Å². The zero-order valence-corrected chi connectivity index (χ0v) is 10.5. The standard InChI is InChI=1S/C14H20FNO/c1-10-5-6-14(17-2)11(8-10)9-12(15)13-4-3-7-16-13/h5-6,8,12-13,16H,3-4,7,9H2,1-2H3. The van der Waals surface area contributed by atoms with Crippen LogP contribution in [0.2, 0.25) is 0 Å². The van der Waals surface area contributed by atoms with Crippen LogP contribution in [0.1, 0.15) is 24.0 Å². The Balaban J connectivity index is 2.08.